The third kappa shape index (κ3) is 4.17. The van der Waals surface area contributed by atoms with Crippen LogP contribution < -0.4 is 10.6 Å². The van der Waals surface area contributed by atoms with Crippen LogP contribution in [0.15, 0.2) is 48.2 Å². The van der Waals surface area contributed by atoms with Gasteiger partial charge in [0.1, 0.15) is 17.4 Å². The molecule has 0 unspecified atom stereocenters. The molecule has 0 aliphatic carbocycles. The van der Waals surface area contributed by atoms with Crippen LogP contribution in [0.4, 0.5) is 10.1 Å². The van der Waals surface area contributed by atoms with Gasteiger partial charge in [-0.25, -0.2) is 4.39 Å². The SMILES string of the molecule is COC(=O)CCc1ccc(C2=C(OC)CN(c3ccc(C(=N)N)cc3F)C2=O)cc1. The number of ether oxygens (including phenoxy) is 2. The van der Waals surface area contributed by atoms with Crippen molar-refractivity contribution in [1.82, 2.24) is 0 Å². The number of carbonyl (C=O) groups excluding carboxylic acids is 2. The number of amidine groups is 1. The maximum Gasteiger partial charge on any atom is 0.305 e. The molecule has 1 heterocycles. The fourth-order valence-corrected chi connectivity index (χ4v) is 3.27. The van der Waals surface area contributed by atoms with Crippen LogP contribution in [0.3, 0.4) is 0 Å². The zero-order valence-electron chi connectivity index (χ0n) is 16.7. The van der Waals surface area contributed by atoms with Gasteiger partial charge in [-0.2, -0.15) is 0 Å². The molecule has 2 aromatic carbocycles. The molecule has 0 saturated heterocycles. The maximum atomic E-state index is 14.6. The van der Waals surface area contributed by atoms with Crippen molar-refractivity contribution in [2.75, 3.05) is 25.7 Å². The van der Waals surface area contributed by atoms with Crippen molar-refractivity contribution in [3.8, 4) is 0 Å². The van der Waals surface area contributed by atoms with Gasteiger partial charge in [-0.1, -0.05) is 24.3 Å². The lowest BCUT2D eigenvalue weighted by Gasteiger charge is -2.18. The Morgan fingerprint density at radius 2 is 1.90 bits per heavy atom. The zero-order chi connectivity index (χ0) is 21.8. The summed E-state index contributed by atoms with van der Waals surface area (Å²) in [4.78, 5) is 25.7. The first-order valence-electron chi connectivity index (χ1n) is 9.24. The van der Waals surface area contributed by atoms with Crippen molar-refractivity contribution in [2.24, 2.45) is 5.73 Å². The summed E-state index contributed by atoms with van der Waals surface area (Å²) in [7, 11) is 2.81. The Morgan fingerprint density at radius 1 is 1.20 bits per heavy atom. The first-order valence-corrected chi connectivity index (χ1v) is 9.24. The number of halogens is 1. The number of benzene rings is 2. The van der Waals surface area contributed by atoms with Crippen LogP contribution in [0.1, 0.15) is 23.1 Å². The van der Waals surface area contributed by atoms with E-state index in [2.05, 4.69) is 4.74 Å². The minimum atomic E-state index is -0.647. The summed E-state index contributed by atoms with van der Waals surface area (Å²) in [6, 6.07) is 11.3. The second-order valence-corrected chi connectivity index (χ2v) is 6.75. The average Bonchev–Trinajstić information content (AvgIpc) is 3.08. The van der Waals surface area contributed by atoms with Gasteiger partial charge in [0.25, 0.3) is 5.91 Å². The number of esters is 1. The van der Waals surface area contributed by atoms with Crippen molar-refractivity contribution in [3.63, 3.8) is 0 Å². The van der Waals surface area contributed by atoms with Crippen LogP contribution in [0.5, 0.6) is 0 Å². The zero-order valence-corrected chi connectivity index (χ0v) is 16.7. The lowest BCUT2D eigenvalue weighted by molar-refractivity contribution is -0.140. The smallest absolute Gasteiger partial charge is 0.305 e. The third-order valence-electron chi connectivity index (χ3n) is 4.92. The van der Waals surface area contributed by atoms with E-state index in [0.29, 0.717) is 23.3 Å². The molecular weight excluding hydrogens is 389 g/mol. The number of nitrogens with zero attached hydrogens (tertiary/aromatic N) is 1. The van der Waals surface area contributed by atoms with Gasteiger partial charge >= 0.3 is 5.97 Å². The molecule has 0 saturated carbocycles. The third-order valence-corrected chi connectivity index (χ3v) is 4.92. The topological polar surface area (TPSA) is 106 Å². The highest BCUT2D eigenvalue weighted by Crippen LogP contribution is 2.33. The van der Waals surface area contributed by atoms with E-state index in [4.69, 9.17) is 15.9 Å². The number of nitrogens with two attached hydrogens (primary N) is 1. The Bertz CT molecular complexity index is 1030. The molecule has 2 aromatic rings. The number of methoxy groups -OCH3 is 2. The summed E-state index contributed by atoms with van der Waals surface area (Å²) in [5.41, 5.74) is 7.65. The van der Waals surface area contributed by atoms with E-state index in [1.807, 2.05) is 12.1 Å². The van der Waals surface area contributed by atoms with Crippen molar-refractivity contribution in [3.05, 3.63) is 70.7 Å². The van der Waals surface area contributed by atoms with Crippen molar-refractivity contribution in [1.29, 1.82) is 5.41 Å². The molecule has 0 atom stereocenters. The van der Waals surface area contributed by atoms with Crippen LogP contribution in [0, 0.1) is 11.2 Å². The number of nitrogens with one attached hydrogen (secondary N) is 1. The van der Waals surface area contributed by atoms with Gasteiger partial charge in [0.2, 0.25) is 0 Å². The largest absolute Gasteiger partial charge is 0.498 e. The van der Waals surface area contributed by atoms with Crippen LogP contribution in [-0.4, -0.2) is 38.5 Å². The fraction of sp³-hybridized carbons (Fsp3) is 0.227. The second-order valence-electron chi connectivity index (χ2n) is 6.75. The van der Waals surface area contributed by atoms with Gasteiger partial charge in [0, 0.05) is 12.0 Å². The fourth-order valence-electron chi connectivity index (χ4n) is 3.27. The molecule has 3 N–H and O–H groups in total. The normalized spacial score (nSPS) is 13.6. The lowest BCUT2D eigenvalue weighted by atomic mass is 10.0. The Labute approximate surface area is 173 Å². The summed E-state index contributed by atoms with van der Waals surface area (Å²) in [5.74, 6) is -1.15. The van der Waals surface area contributed by atoms with Crippen molar-refractivity contribution >= 4 is 29.0 Å². The number of rotatable bonds is 7. The first kappa shape index (κ1) is 21.0. The molecular formula is C22H22FN3O4. The Kier molecular flexibility index (Phi) is 6.15. The Hall–Kier alpha value is -3.68. The number of hydrogen-bond donors (Lipinski definition) is 2. The molecule has 0 bridgehead atoms. The summed E-state index contributed by atoms with van der Waals surface area (Å²) < 4.78 is 24.6. The quantitative estimate of drug-likeness (QED) is 0.414. The minimum absolute atomic E-state index is 0.0873. The highest BCUT2D eigenvalue weighted by molar-refractivity contribution is 6.29. The summed E-state index contributed by atoms with van der Waals surface area (Å²) in [6.07, 6.45) is 0.793. The van der Waals surface area contributed by atoms with Crippen LogP contribution in [0.2, 0.25) is 0 Å². The highest BCUT2D eigenvalue weighted by atomic mass is 19.1. The highest BCUT2D eigenvalue weighted by Gasteiger charge is 2.34. The van der Waals surface area contributed by atoms with E-state index in [0.717, 1.165) is 11.6 Å². The van der Waals surface area contributed by atoms with Gasteiger partial charge in [-0.3, -0.25) is 19.9 Å². The molecule has 8 heteroatoms. The average molecular weight is 411 g/mol. The van der Waals surface area contributed by atoms with Crippen LogP contribution in [-0.2, 0) is 25.5 Å². The number of nitrogen functional groups attached to an aromatic ring is 1. The second kappa shape index (κ2) is 8.77. The first-order chi connectivity index (χ1) is 14.3. The van der Waals surface area contributed by atoms with Crippen molar-refractivity contribution in [2.45, 2.75) is 12.8 Å². The van der Waals surface area contributed by atoms with Crippen molar-refractivity contribution < 1.29 is 23.5 Å². The van der Waals surface area contributed by atoms with Gasteiger partial charge in [0.15, 0.2) is 0 Å². The molecule has 7 nitrogen and oxygen atoms in total. The van der Waals surface area contributed by atoms with E-state index in [9.17, 15) is 14.0 Å². The van der Waals surface area contributed by atoms with Crippen LogP contribution >= 0.6 is 0 Å². The van der Waals surface area contributed by atoms with Gasteiger partial charge < -0.3 is 15.2 Å². The number of anilines is 1. The predicted octanol–water partition coefficient (Wildman–Crippen LogP) is 2.62. The molecule has 156 valence electrons. The summed E-state index contributed by atoms with van der Waals surface area (Å²) in [5, 5.41) is 7.42. The summed E-state index contributed by atoms with van der Waals surface area (Å²) in [6.45, 7) is 0.0884. The lowest BCUT2D eigenvalue weighted by Crippen LogP contribution is -2.28. The van der Waals surface area contributed by atoms with Gasteiger partial charge in [-0.15, -0.1) is 0 Å². The molecule has 3 rings (SSSR count). The number of hydrogen-bond acceptors (Lipinski definition) is 5. The monoisotopic (exact) mass is 411 g/mol. The molecule has 1 aliphatic heterocycles. The van der Waals surface area contributed by atoms with E-state index >= 15 is 0 Å². The molecule has 1 amide bonds. The van der Waals surface area contributed by atoms with E-state index in [1.165, 1.54) is 31.3 Å². The van der Waals surface area contributed by atoms with E-state index in [-0.39, 0.29) is 41.9 Å². The molecule has 0 radical (unpaired) electrons. The molecule has 0 fully saturated rings. The number of aryl methyl sites for hydroxylation is 1. The standard InChI is InChI=1S/C22H22FN3O4/c1-29-18-12-26(17-9-8-15(21(24)25)11-16(17)23)22(28)20(18)14-6-3-13(4-7-14)5-10-19(27)30-2/h3-4,6-9,11H,5,10,12H2,1-2H3,(H3,24,25). The summed E-state index contributed by atoms with van der Waals surface area (Å²) >= 11 is 0. The van der Waals surface area contributed by atoms with E-state index in [1.54, 1.807) is 12.1 Å². The number of carbonyl (C=O) groups is 2. The van der Waals surface area contributed by atoms with Gasteiger partial charge in [0.05, 0.1) is 32.0 Å². The Balaban J connectivity index is 1.84. The van der Waals surface area contributed by atoms with Gasteiger partial charge in [-0.05, 0) is 35.7 Å². The Morgan fingerprint density at radius 3 is 2.47 bits per heavy atom. The number of amides is 1. The predicted molar refractivity (Wildman–Crippen MR) is 110 cm³/mol. The molecule has 1 aliphatic rings. The maximum absolute atomic E-state index is 14.6. The van der Waals surface area contributed by atoms with Crippen LogP contribution in [0.25, 0.3) is 5.57 Å². The van der Waals surface area contributed by atoms with E-state index < -0.39 is 5.82 Å². The minimum Gasteiger partial charge on any atom is -0.498 e. The molecule has 30 heavy (non-hydrogen) atoms. The molecule has 0 aromatic heterocycles. The molecule has 0 spiro atoms.